The number of carbonyl (C=O) groups is 1. The van der Waals surface area contributed by atoms with E-state index in [-0.39, 0.29) is 36.4 Å². The molecule has 0 spiro atoms. The van der Waals surface area contributed by atoms with Crippen LogP contribution in [-0.2, 0) is 20.7 Å². The number of phenolic OH excluding ortho intramolecular Hbond substituents is 2. The lowest BCUT2D eigenvalue weighted by Crippen LogP contribution is -2.24. The van der Waals surface area contributed by atoms with Crippen molar-refractivity contribution in [1.29, 1.82) is 0 Å². The number of phenols is 2. The lowest BCUT2D eigenvalue weighted by atomic mass is 9.93. The molecule has 0 saturated carbocycles. The Labute approximate surface area is 134 Å². The fraction of sp³-hybridized carbons (Fsp3) is 0.353. The topological polar surface area (TPSA) is 96.2 Å². The average molecular weight is 320 g/mol. The molecule has 6 nitrogen and oxygen atoms in total. The highest BCUT2D eigenvalue weighted by atomic mass is 16.6. The maximum Gasteiger partial charge on any atom is 0.306 e. The van der Waals surface area contributed by atoms with Crippen molar-refractivity contribution in [2.24, 2.45) is 5.92 Å². The van der Waals surface area contributed by atoms with Crippen LogP contribution in [0.2, 0.25) is 0 Å². The third kappa shape index (κ3) is 4.50. The number of carbonyl (C=O) groups excluding carboxylic acids is 1. The van der Waals surface area contributed by atoms with E-state index < -0.39 is 6.29 Å². The van der Waals surface area contributed by atoms with Crippen molar-refractivity contribution in [3.63, 3.8) is 0 Å². The van der Waals surface area contributed by atoms with Gasteiger partial charge in [0.15, 0.2) is 11.5 Å². The molecule has 23 heavy (non-hydrogen) atoms. The highest BCUT2D eigenvalue weighted by Crippen LogP contribution is 2.26. The second kappa shape index (κ2) is 7.69. The molecule has 1 aromatic rings. The quantitative estimate of drug-likeness (QED) is 0.436. The molecular formula is C17H20O6. The van der Waals surface area contributed by atoms with Crippen molar-refractivity contribution < 1.29 is 29.6 Å². The monoisotopic (exact) mass is 320 g/mol. The number of aromatic hydroxyl groups is 2. The Morgan fingerprint density at radius 2 is 2.13 bits per heavy atom. The molecule has 0 fully saturated rings. The standard InChI is InChI=1S/C17H20O6/c1-2-13-12(6-8-23-17(13)21)10-16(20)22-7-5-11-3-4-14(18)15(19)9-11/h2-4,6,8-9,12,17-19,21H,5,7,10H2,1H3/b13-2+/t12-,17?/m0/s1. The Morgan fingerprint density at radius 3 is 2.83 bits per heavy atom. The summed E-state index contributed by atoms with van der Waals surface area (Å²) in [5.74, 6) is -1.01. The summed E-state index contributed by atoms with van der Waals surface area (Å²) in [5, 5.41) is 28.3. The van der Waals surface area contributed by atoms with Gasteiger partial charge in [0.2, 0.25) is 6.29 Å². The van der Waals surface area contributed by atoms with Gasteiger partial charge >= 0.3 is 5.97 Å². The summed E-state index contributed by atoms with van der Waals surface area (Å²) in [4.78, 5) is 11.9. The van der Waals surface area contributed by atoms with Gasteiger partial charge in [-0.25, -0.2) is 0 Å². The molecule has 1 unspecified atom stereocenters. The molecule has 3 N–H and O–H groups in total. The van der Waals surface area contributed by atoms with Crippen LogP contribution < -0.4 is 0 Å². The molecule has 0 saturated heterocycles. The summed E-state index contributed by atoms with van der Waals surface area (Å²) in [6.45, 7) is 1.94. The Morgan fingerprint density at radius 1 is 1.35 bits per heavy atom. The number of aliphatic hydroxyl groups is 1. The van der Waals surface area contributed by atoms with E-state index in [1.807, 2.05) is 0 Å². The number of benzene rings is 1. The van der Waals surface area contributed by atoms with Crippen LogP contribution in [0.5, 0.6) is 11.5 Å². The number of rotatable bonds is 5. The molecule has 0 amide bonds. The zero-order valence-corrected chi connectivity index (χ0v) is 12.8. The number of allylic oxidation sites excluding steroid dienone is 2. The molecule has 1 aromatic carbocycles. The van der Waals surface area contributed by atoms with Gasteiger partial charge in [-0.3, -0.25) is 4.79 Å². The maximum absolute atomic E-state index is 11.9. The second-order valence-corrected chi connectivity index (χ2v) is 5.21. The fourth-order valence-electron chi connectivity index (χ4n) is 2.38. The van der Waals surface area contributed by atoms with Gasteiger partial charge in [-0.2, -0.15) is 0 Å². The minimum Gasteiger partial charge on any atom is -0.504 e. The Hall–Kier alpha value is -2.47. The van der Waals surface area contributed by atoms with Crippen LogP contribution in [0.1, 0.15) is 18.9 Å². The number of esters is 1. The summed E-state index contributed by atoms with van der Waals surface area (Å²) in [5.41, 5.74) is 1.39. The molecule has 1 aliphatic rings. The normalized spacial score (nSPS) is 21.9. The van der Waals surface area contributed by atoms with Crippen LogP contribution in [0.3, 0.4) is 0 Å². The summed E-state index contributed by atoms with van der Waals surface area (Å²) in [7, 11) is 0. The first-order chi connectivity index (χ1) is 11.0. The first-order valence-electron chi connectivity index (χ1n) is 7.34. The van der Waals surface area contributed by atoms with Crippen molar-refractivity contribution in [3.8, 4) is 11.5 Å². The van der Waals surface area contributed by atoms with E-state index in [0.29, 0.717) is 12.0 Å². The Kier molecular flexibility index (Phi) is 5.65. The second-order valence-electron chi connectivity index (χ2n) is 5.21. The van der Waals surface area contributed by atoms with Crippen LogP contribution >= 0.6 is 0 Å². The highest BCUT2D eigenvalue weighted by Gasteiger charge is 2.25. The molecule has 0 aromatic heterocycles. The molecule has 1 aliphatic heterocycles. The van der Waals surface area contributed by atoms with E-state index >= 15 is 0 Å². The van der Waals surface area contributed by atoms with Crippen molar-refractivity contribution >= 4 is 5.97 Å². The van der Waals surface area contributed by atoms with E-state index in [9.17, 15) is 20.1 Å². The molecular weight excluding hydrogens is 300 g/mol. The van der Waals surface area contributed by atoms with Gasteiger partial charge in [0.05, 0.1) is 19.3 Å². The zero-order chi connectivity index (χ0) is 16.8. The predicted molar refractivity (Wildman–Crippen MR) is 82.5 cm³/mol. The Bertz CT molecular complexity index is 620. The van der Waals surface area contributed by atoms with Crippen molar-refractivity contribution in [3.05, 3.63) is 47.7 Å². The van der Waals surface area contributed by atoms with Crippen LogP contribution in [-0.4, -0.2) is 34.2 Å². The van der Waals surface area contributed by atoms with Gasteiger partial charge in [0.1, 0.15) is 0 Å². The van der Waals surface area contributed by atoms with Gasteiger partial charge in [0, 0.05) is 17.9 Å². The largest absolute Gasteiger partial charge is 0.504 e. The number of ether oxygens (including phenoxy) is 2. The van der Waals surface area contributed by atoms with Crippen LogP contribution in [0.15, 0.2) is 42.2 Å². The maximum atomic E-state index is 11.9. The average Bonchev–Trinajstić information content (AvgIpc) is 2.51. The molecule has 0 bridgehead atoms. The van der Waals surface area contributed by atoms with Crippen LogP contribution in [0.4, 0.5) is 0 Å². The van der Waals surface area contributed by atoms with Gasteiger partial charge in [-0.15, -0.1) is 0 Å². The predicted octanol–water partition coefficient (Wildman–Crippen LogP) is 2.00. The first-order valence-corrected chi connectivity index (χ1v) is 7.34. The number of hydrogen-bond acceptors (Lipinski definition) is 6. The first kappa shape index (κ1) is 16.9. The summed E-state index contributed by atoms with van der Waals surface area (Å²) >= 11 is 0. The van der Waals surface area contributed by atoms with E-state index in [1.54, 1.807) is 25.1 Å². The van der Waals surface area contributed by atoms with Gasteiger partial charge in [0.25, 0.3) is 0 Å². The van der Waals surface area contributed by atoms with E-state index in [0.717, 1.165) is 5.56 Å². The van der Waals surface area contributed by atoms with Crippen molar-refractivity contribution in [2.75, 3.05) is 6.61 Å². The molecule has 124 valence electrons. The summed E-state index contributed by atoms with van der Waals surface area (Å²) in [6, 6.07) is 4.47. The lowest BCUT2D eigenvalue weighted by Gasteiger charge is -2.24. The minimum absolute atomic E-state index is 0.122. The van der Waals surface area contributed by atoms with Crippen LogP contribution in [0.25, 0.3) is 0 Å². The minimum atomic E-state index is -1.03. The Balaban J connectivity index is 1.82. The van der Waals surface area contributed by atoms with Gasteiger partial charge in [-0.1, -0.05) is 12.1 Å². The summed E-state index contributed by atoms with van der Waals surface area (Å²) in [6.07, 6.45) is 4.35. The fourth-order valence-corrected chi connectivity index (χ4v) is 2.38. The SMILES string of the molecule is C/C=C1/C(O)OC=C[C@H]1CC(=O)OCCc1ccc(O)c(O)c1. The van der Waals surface area contributed by atoms with Crippen LogP contribution in [0, 0.1) is 5.92 Å². The molecule has 1 heterocycles. The third-order valence-electron chi connectivity index (χ3n) is 3.65. The van der Waals surface area contributed by atoms with Crippen molar-refractivity contribution in [2.45, 2.75) is 26.1 Å². The summed E-state index contributed by atoms with van der Waals surface area (Å²) < 4.78 is 10.1. The zero-order valence-electron chi connectivity index (χ0n) is 12.8. The molecule has 0 aliphatic carbocycles. The molecule has 6 heteroatoms. The molecule has 2 atom stereocenters. The van der Waals surface area contributed by atoms with E-state index in [1.165, 1.54) is 18.4 Å². The van der Waals surface area contributed by atoms with Gasteiger partial charge < -0.3 is 24.8 Å². The van der Waals surface area contributed by atoms with E-state index in [2.05, 4.69) is 0 Å². The smallest absolute Gasteiger partial charge is 0.306 e. The molecule has 0 radical (unpaired) electrons. The molecule has 2 rings (SSSR count). The highest BCUT2D eigenvalue weighted by molar-refractivity contribution is 5.70. The van der Waals surface area contributed by atoms with Crippen molar-refractivity contribution in [1.82, 2.24) is 0 Å². The van der Waals surface area contributed by atoms with E-state index in [4.69, 9.17) is 9.47 Å². The number of aliphatic hydroxyl groups excluding tert-OH is 1. The lowest BCUT2D eigenvalue weighted by molar-refractivity contribution is -0.144. The number of hydrogen-bond donors (Lipinski definition) is 3. The van der Waals surface area contributed by atoms with Gasteiger partial charge in [-0.05, 0) is 30.7 Å². The third-order valence-corrected chi connectivity index (χ3v) is 3.65.